The van der Waals surface area contributed by atoms with Gasteiger partial charge in [0.15, 0.2) is 6.61 Å². The van der Waals surface area contributed by atoms with Crippen molar-refractivity contribution in [1.29, 1.82) is 5.26 Å². The number of urea groups is 1. The van der Waals surface area contributed by atoms with Crippen molar-refractivity contribution in [3.63, 3.8) is 0 Å². The number of para-hydroxylation sites is 1. The van der Waals surface area contributed by atoms with Gasteiger partial charge >= 0.3 is 18.2 Å². The molecule has 0 bridgehead atoms. The van der Waals surface area contributed by atoms with Gasteiger partial charge < -0.3 is 19.7 Å². The fraction of sp³-hybridized carbons (Fsp3) is 0.267. The SMILES string of the molecule is CCOC(=O)COc1ccc(Nc2ccccc2CN2C(=O)N(c3ccc(C#N)c(C(F)(F)F)c3)C(=O)C2(C)C)cc1. The Kier molecular flexibility index (Phi) is 8.42. The van der Waals surface area contributed by atoms with E-state index in [2.05, 4.69) is 5.32 Å². The van der Waals surface area contributed by atoms with Crippen LogP contribution < -0.4 is 15.0 Å². The molecule has 1 aliphatic heterocycles. The average molecular weight is 581 g/mol. The number of anilines is 3. The molecule has 42 heavy (non-hydrogen) atoms. The number of halogens is 3. The third-order valence-corrected chi connectivity index (χ3v) is 6.65. The number of carbonyl (C=O) groups excluding carboxylic acids is 3. The summed E-state index contributed by atoms with van der Waals surface area (Å²) in [6.07, 6.45) is -4.85. The van der Waals surface area contributed by atoms with Crippen LogP contribution in [0.15, 0.2) is 66.7 Å². The lowest BCUT2D eigenvalue weighted by molar-refractivity contribution is -0.145. The Labute approximate surface area is 240 Å². The molecule has 4 rings (SSSR count). The molecule has 0 radical (unpaired) electrons. The predicted molar refractivity (Wildman–Crippen MR) is 147 cm³/mol. The number of hydrogen-bond donors (Lipinski definition) is 1. The second-order valence-electron chi connectivity index (χ2n) is 9.81. The van der Waals surface area contributed by atoms with Crippen molar-refractivity contribution in [2.75, 3.05) is 23.4 Å². The number of nitriles is 1. The molecule has 1 aliphatic rings. The number of carbonyl (C=O) groups is 3. The van der Waals surface area contributed by atoms with Gasteiger partial charge in [0, 0.05) is 11.4 Å². The summed E-state index contributed by atoms with van der Waals surface area (Å²) < 4.78 is 51.0. The Bertz CT molecular complexity index is 1550. The Hall–Kier alpha value is -5.05. The van der Waals surface area contributed by atoms with E-state index in [1.165, 1.54) is 24.8 Å². The Balaban J connectivity index is 1.55. The van der Waals surface area contributed by atoms with E-state index in [9.17, 15) is 27.6 Å². The zero-order chi connectivity index (χ0) is 30.7. The van der Waals surface area contributed by atoms with Crippen LogP contribution in [0.4, 0.5) is 35.0 Å². The van der Waals surface area contributed by atoms with Crippen LogP contribution in [-0.4, -0.2) is 41.6 Å². The fourth-order valence-corrected chi connectivity index (χ4v) is 4.42. The van der Waals surface area contributed by atoms with E-state index in [0.29, 0.717) is 33.7 Å². The molecule has 1 N–H and O–H groups in total. The molecule has 9 nitrogen and oxygen atoms in total. The van der Waals surface area contributed by atoms with E-state index in [1.807, 2.05) is 0 Å². The summed E-state index contributed by atoms with van der Waals surface area (Å²) >= 11 is 0. The van der Waals surface area contributed by atoms with E-state index in [0.717, 1.165) is 12.1 Å². The normalized spacial score (nSPS) is 14.5. The first-order valence-electron chi connectivity index (χ1n) is 12.9. The van der Waals surface area contributed by atoms with Gasteiger partial charge in [0.05, 0.1) is 36.0 Å². The van der Waals surface area contributed by atoms with Gasteiger partial charge in [0.2, 0.25) is 0 Å². The summed E-state index contributed by atoms with van der Waals surface area (Å²) in [6.45, 7) is 4.75. The fourth-order valence-electron chi connectivity index (χ4n) is 4.42. The second-order valence-corrected chi connectivity index (χ2v) is 9.81. The number of benzene rings is 3. The molecule has 0 spiro atoms. The molecule has 3 aromatic rings. The molecule has 0 aliphatic carbocycles. The molecule has 0 aromatic heterocycles. The highest BCUT2D eigenvalue weighted by atomic mass is 19.4. The van der Waals surface area contributed by atoms with Crippen molar-refractivity contribution in [2.24, 2.45) is 0 Å². The molecule has 0 atom stereocenters. The summed E-state index contributed by atoms with van der Waals surface area (Å²) in [7, 11) is 0. The molecule has 218 valence electrons. The number of ether oxygens (including phenoxy) is 2. The second kappa shape index (κ2) is 11.8. The summed E-state index contributed by atoms with van der Waals surface area (Å²) in [4.78, 5) is 40.4. The van der Waals surface area contributed by atoms with Crippen molar-refractivity contribution in [3.05, 3.63) is 83.4 Å². The van der Waals surface area contributed by atoms with Crippen LogP contribution in [0.25, 0.3) is 0 Å². The summed E-state index contributed by atoms with van der Waals surface area (Å²) in [5.41, 5.74) is -1.55. The van der Waals surface area contributed by atoms with E-state index >= 15 is 0 Å². The number of hydrogen-bond acceptors (Lipinski definition) is 7. The number of imide groups is 1. The van der Waals surface area contributed by atoms with E-state index < -0.39 is 40.7 Å². The highest BCUT2D eigenvalue weighted by Gasteiger charge is 2.52. The van der Waals surface area contributed by atoms with Gasteiger partial charge in [0.25, 0.3) is 5.91 Å². The van der Waals surface area contributed by atoms with Crippen LogP contribution in [0.1, 0.15) is 37.5 Å². The largest absolute Gasteiger partial charge is 0.482 e. The van der Waals surface area contributed by atoms with Gasteiger partial charge in [-0.2, -0.15) is 18.4 Å². The van der Waals surface area contributed by atoms with E-state index in [4.69, 9.17) is 14.7 Å². The van der Waals surface area contributed by atoms with Gasteiger partial charge in [-0.1, -0.05) is 18.2 Å². The lowest BCUT2D eigenvalue weighted by Gasteiger charge is -2.28. The van der Waals surface area contributed by atoms with E-state index in [1.54, 1.807) is 55.5 Å². The summed E-state index contributed by atoms with van der Waals surface area (Å²) in [6, 6.07) is 17.3. The molecule has 3 amide bonds. The molecule has 0 unspecified atom stereocenters. The van der Waals surface area contributed by atoms with Gasteiger partial charge in [-0.3, -0.25) is 4.79 Å². The molecular weight excluding hydrogens is 553 g/mol. The smallest absolute Gasteiger partial charge is 0.417 e. The lowest BCUT2D eigenvalue weighted by atomic mass is 10.0. The van der Waals surface area contributed by atoms with Crippen LogP contribution in [-0.2, 0) is 27.0 Å². The Morgan fingerprint density at radius 2 is 1.74 bits per heavy atom. The zero-order valence-electron chi connectivity index (χ0n) is 23.0. The van der Waals surface area contributed by atoms with E-state index in [-0.39, 0.29) is 25.4 Å². The Morgan fingerprint density at radius 1 is 1.05 bits per heavy atom. The Morgan fingerprint density at radius 3 is 2.38 bits per heavy atom. The monoisotopic (exact) mass is 580 g/mol. The van der Waals surface area contributed by atoms with Crippen molar-refractivity contribution >= 4 is 35.0 Å². The van der Waals surface area contributed by atoms with Gasteiger partial charge in [-0.15, -0.1) is 0 Å². The third kappa shape index (κ3) is 6.15. The third-order valence-electron chi connectivity index (χ3n) is 6.65. The molecule has 3 aromatic carbocycles. The van der Waals surface area contributed by atoms with Gasteiger partial charge in [-0.05, 0) is 74.9 Å². The first-order valence-corrected chi connectivity index (χ1v) is 12.9. The minimum Gasteiger partial charge on any atom is -0.482 e. The van der Waals surface area contributed by atoms with Crippen molar-refractivity contribution in [2.45, 2.75) is 39.0 Å². The van der Waals surface area contributed by atoms with Crippen LogP contribution in [0.3, 0.4) is 0 Å². The highest BCUT2D eigenvalue weighted by molar-refractivity contribution is 6.23. The molecule has 1 saturated heterocycles. The van der Waals surface area contributed by atoms with Crippen LogP contribution >= 0.6 is 0 Å². The predicted octanol–water partition coefficient (Wildman–Crippen LogP) is 6.01. The average Bonchev–Trinajstić information content (AvgIpc) is 3.12. The van der Waals surface area contributed by atoms with Crippen molar-refractivity contribution in [3.8, 4) is 11.8 Å². The minimum atomic E-state index is -4.85. The molecule has 12 heteroatoms. The maximum atomic E-state index is 13.6. The molecule has 1 fully saturated rings. The van der Waals surface area contributed by atoms with Gasteiger partial charge in [-0.25, -0.2) is 14.5 Å². The van der Waals surface area contributed by atoms with Crippen molar-refractivity contribution in [1.82, 2.24) is 4.90 Å². The first-order chi connectivity index (χ1) is 19.9. The topological polar surface area (TPSA) is 112 Å². The first kappa shape index (κ1) is 29.9. The van der Waals surface area contributed by atoms with Crippen LogP contribution in [0.5, 0.6) is 5.75 Å². The quantitative estimate of drug-likeness (QED) is 0.244. The number of nitrogens with zero attached hydrogens (tertiary/aromatic N) is 3. The number of alkyl halides is 3. The van der Waals surface area contributed by atoms with Crippen LogP contribution in [0.2, 0.25) is 0 Å². The maximum absolute atomic E-state index is 13.6. The minimum absolute atomic E-state index is 0.0274. The maximum Gasteiger partial charge on any atom is 0.417 e. The summed E-state index contributed by atoms with van der Waals surface area (Å²) in [5.74, 6) is -0.722. The summed E-state index contributed by atoms with van der Waals surface area (Å²) in [5, 5.41) is 12.4. The number of esters is 1. The number of nitrogens with one attached hydrogen (secondary N) is 1. The van der Waals surface area contributed by atoms with Gasteiger partial charge in [0.1, 0.15) is 11.3 Å². The molecule has 0 saturated carbocycles. The number of amides is 3. The molecule has 1 heterocycles. The van der Waals surface area contributed by atoms with Crippen LogP contribution in [0, 0.1) is 11.3 Å². The molecular formula is C30H27F3N4O5. The highest BCUT2D eigenvalue weighted by Crippen LogP contribution is 2.38. The number of rotatable bonds is 9. The lowest BCUT2D eigenvalue weighted by Crippen LogP contribution is -2.43. The van der Waals surface area contributed by atoms with Crippen molar-refractivity contribution < 1.29 is 37.0 Å². The standard InChI is InChI=1S/C30H27F3N4O5/c1-4-41-26(38)18-42-23-13-10-21(11-14-23)35-25-8-6-5-7-20(25)17-36-28(40)37(27(39)29(36,2)3)22-12-9-19(16-34)24(15-22)30(31,32)33/h5-15,35H,4,17-18H2,1-3H3. The zero-order valence-corrected chi connectivity index (χ0v) is 23.0.